The van der Waals surface area contributed by atoms with E-state index in [1.54, 1.807) is 0 Å². The molecule has 14 heavy (non-hydrogen) atoms. The fraction of sp³-hybridized carbons (Fsp3) is 1.00. The molecule has 0 amide bonds. The molecule has 0 radical (unpaired) electrons. The molecule has 0 saturated heterocycles. The molecule has 0 saturated carbocycles. The quantitative estimate of drug-likeness (QED) is 0.403. The van der Waals surface area contributed by atoms with E-state index in [2.05, 4.69) is 20.8 Å². The van der Waals surface area contributed by atoms with E-state index < -0.39 is 0 Å². The average molecular weight is 198 g/mol. The number of hydrogen-bond donors (Lipinski definition) is 0. The van der Waals surface area contributed by atoms with Gasteiger partial charge in [0, 0.05) is 0 Å². The molecule has 0 rings (SSSR count). The van der Waals surface area contributed by atoms with Crippen molar-refractivity contribution in [2.75, 3.05) is 0 Å². The van der Waals surface area contributed by atoms with Crippen molar-refractivity contribution in [1.29, 1.82) is 0 Å². The van der Waals surface area contributed by atoms with Crippen molar-refractivity contribution >= 4 is 0 Å². The topological polar surface area (TPSA) is 0 Å². The van der Waals surface area contributed by atoms with E-state index in [4.69, 9.17) is 0 Å². The van der Waals surface area contributed by atoms with Gasteiger partial charge in [-0.05, 0) is 5.92 Å². The van der Waals surface area contributed by atoms with E-state index in [0.717, 1.165) is 5.92 Å². The summed E-state index contributed by atoms with van der Waals surface area (Å²) >= 11 is 0. The molecule has 0 spiro atoms. The van der Waals surface area contributed by atoms with Crippen LogP contribution in [0.5, 0.6) is 0 Å². The third-order valence-electron chi connectivity index (χ3n) is 3.11. The minimum Gasteiger partial charge on any atom is -0.0654 e. The third-order valence-corrected chi connectivity index (χ3v) is 3.11. The Balaban J connectivity index is 3.30. The second-order valence-electron chi connectivity index (χ2n) is 4.65. The molecule has 0 atom stereocenters. The van der Waals surface area contributed by atoms with Crippen LogP contribution in [0.3, 0.4) is 0 Å². The molecule has 0 aromatic heterocycles. The summed E-state index contributed by atoms with van der Waals surface area (Å²) in [6.07, 6.45) is 14.4. The summed E-state index contributed by atoms with van der Waals surface area (Å²) in [4.78, 5) is 0. The summed E-state index contributed by atoms with van der Waals surface area (Å²) in [6.45, 7) is 6.93. The molecule has 0 fully saturated rings. The van der Waals surface area contributed by atoms with Gasteiger partial charge in [0.25, 0.3) is 0 Å². The molecule has 0 heterocycles. The second-order valence-corrected chi connectivity index (χ2v) is 4.65. The van der Waals surface area contributed by atoms with E-state index >= 15 is 0 Å². The van der Waals surface area contributed by atoms with Crippen molar-refractivity contribution in [3.8, 4) is 0 Å². The Hall–Kier alpha value is 0. The second kappa shape index (κ2) is 11.1. The molecular weight excluding hydrogens is 168 g/mol. The smallest absolute Gasteiger partial charge is 0.0414 e. The van der Waals surface area contributed by atoms with Gasteiger partial charge in [0.1, 0.15) is 0 Å². The average Bonchev–Trinajstić information content (AvgIpc) is 2.18. The molecule has 0 N–H and O–H groups in total. The van der Waals surface area contributed by atoms with E-state index in [1.165, 1.54) is 64.2 Å². The van der Waals surface area contributed by atoms with Crippen molar-refractivity contribution in [3.63, 3.8) is 0 Å². The van der Waals surface area contributed by atoms with Crippen LogP contribution < -0.4 is 0 Å². The maximum atomic E-state index is 2.32. The van der Waals surface area contributed by atoms with Crippen LogP contribution in [0, 0.1) is 5.92 Å². The Morgan fingerprint density at radius 3 is 1.64 bits per heavy atom. The van der Waals surface area contributed by atoms with E-state index in [-0.39, 0.29) is 0 Å². The maximum absolute atomic E-state index is 2.32. The highest BCUT2D eigenvalue weighted by molar-refractivity contribution is 4.58. The first-order valence-corrected chi connectivity index (χ1v) is 6.85. The third kappa shape index (κ3) is 8.59. The first kappa shape index (κ1) is 14.0. The van der Waals surface area contributed by atoms with Crippen molar-refractivity contribution in [1.82, 2.24) is 0 Å². The number of hydrogen-bond acceptors (Lipinski definition) is 0. The highest BCUT2D eigenvalue weighted by Crippen LogP contribution is 2.20. The minimum absolute atomic E-state index is 1.03. The van der Waals surface area contributed by atoms with Crippen LogP contribution in [-0.2, 0) is 0 Å². The Morgan fingerprint density at radius 1 is 0.571 bits per heavy atom. The molecule has 0 aliphatic heterocycles. The molecule has 0 bridgehead atoms. The molecule has 0 heteroatoms. The normalized spacial score (nSPS) is 11.1. The van der Waals surface area contributed by atoms with Crippen molar-refractivity contribution in [2.24, 2.45) is 5.92 Å². The molecule has 0 aromatic rings. The molecule has 86 valence electrons. The Bertz CT molecular complexity index is 90.2. The summed E-state index contributed by atoms with van der Waals surface area (Å²) < 4.78 is 0. The maximum Gasteiger partial charge on any atom is -0.0414 e. The Kier molecular flexibility index (Phi) is 11.1. The van der Waals surface area contributed by atoms with Crippen LogP contribution in [0.2, 0.25) is 0 Å². The fourth-order valence-electron chi connectivity index (χ4n) is 2.29. The fourth-order valence-corrected chi connectivity index (χ4v) is 2.29. The lowest BCUT2D eigenvalue weighted by Crippen LogP contribution is -1.99. The zero-order valence-electron chi connectivity index (χ0n) is 10.6. The predicted octanol–water partition coefficient (Wildman–Crippen LogP) is 5.56. The summed E-state index contributed by atoms with van der Waals surface area (Å²) in [5.41, 5.74) is 0. The predicted molar refractivity (Wildman–Crippen MR) is 66.7 cm³/mol. The van der Waals surface area contributed by atoms with Gasteiger partial charge in [-0.25, -0.2) is 0 Å². The van der Waals surface area contributed by atoms with Gasteiger partial charge in [-0.3, -0.25) is 0 Å². The standard InChI is InChI=1S/C14H30/c1-4-7-8-9-10-13-14(11-5-2)12-6-3/h14H,4-13H2,1-3H3. The van der Waals surface area contributed by atoms with Crippen molar-refractivity contribution in [3.05, 3.63) is 0 Å². The Morgan fingerprint density at radius 2 is 1.14 bits per heavy atom. The zero-order chi connectivity index (χ0) is 10.6. The van der Waals surface area contributed by atoms with Gasteiger partial charge < -0.3 is 0 Å². The minimum atomic E-state index is 1.03. The van der Waals surface area contributed by atoms with E-state index in [1.807, 2.05) is 0 Å². The monoisotopic (exact) mass is 198 g/mol. The first-order valence-electron chi connectivity index (χ1n) is 6.85. The molecule has 0 aliphatic rings. The lowest BCUT2D eigenvalue weighted by molar-refractivity contribution is 0.391. The van der Waals surface area contributed by atoms with Gasteiger partial charge in [-0.1, -0.05) is 85.0 Å². The van der Waals surface area contributed by atoms with Crippen molar-refractivity contribution < 1.29 is 0 Å². The Labute approximate surface area is 91.5 Å². The lowest BCUT2D eigenvalue weighted by atomic mass is 9.92. The van der Waals surface area contributed by atoms with Crippen LogP contribution in [-0.4, -0.2) is 0 Å². The van der Waals surface area contributed by atoms with Crippen molar-refractivity contribution in [2.45, 2.75) is 85.0 Å². The van der Waals surface area contributed by atoms with Crippen LogP contribution in [0.25, 0.3) is 0 Å². The SMILES string of the molecule is CCCCCCCC(CCC)CCC. The van der Waals surface area contributed by atoms with Gasteiger partial charge >= 0.3 is 0 Å². The van der Waals surface area contributed by atoms with Gasteiger partial charge in [-0.15, -0.1) is 0 Å². The van der Waals surface area contributed by atoms with E-state index in [0.29, 0.717) is 0 Å². The molecule has 0 unspecified atom stereocenters. The van der Waals surface area contributed by atoms with Gasteiger partial charge in [0.05, 0.1) is 0 Å². The molecule has 0 aromatic carbocycles. The van der Waals surface area contributed by atoms with Gasteiger partial charge in [-0.2, -0.15) is 0 Å². The lowest BCUT2D eigenvalue weighted by Gasteiger charge is -2.14. The number of unbranched alkanes of at least 4 members (excludes halogenated alkanes) is 4. The first-order chi connectivity index (χ1) is 6.85. The molecular formula is C14H30. The summed E-state index contributed by atoms with van der Waals surface area (Å²) in [6, 6.07) is 0. The molecule has 0 nitrogen and oxygen atoms in total. The van der Waals surface area contributed by atoms with E-state index in [9.17, 15) is 0 Å². The molecule has 0 aliphatic carbocycles. The summed E-state index contributed by atoms with van der Waals surface area (Å²) in [5.74, 6) is 1.03. The van der Waals surface area contributed by atoms with Crippen LogP contribution in [0.1, 0.15) is 85.0 Å². The highest BCUT2D eigenvalue weighted by Gasteiger charge is 2.05. The van der Waals surface area contributed by atoms with Crippen LogP contribution >= 0.6 is 0 Å². The van der Waals surface area contributed by atoms with Gasteiger partial charge in [0.15, 0.2) is 0 Å². The summed E-state index contributed by atoms with van der Waals surface area (Å²) in [7, 11) is 0. The van der Waals surface area contributed by atoms with Crippen LogP contribution in [0.15, 0.2) is 0 Å². The largest absolute Gasteiger partial charge is 0.0654 e. The summed E-state index contributed by atoms with van der Waals surface area (Å²) in [5, 5.41) is 0. The van der Waals surface area contributed by atoms with Gasteiger partial charge in [0.2, 0.25) is 0 Å². The number of rotatable bonds is 10. The zero-order valence-corrected chi connectivity index (χ0v) is 10.6. The highest BCUT2D eigenvalue weighted by atomic mass is 14.1. The van der Waals surface area contributed by atoms with Crippen LogP contribution in [0.4, 0.5) is 0 Å².